The number of rotatable bonds is 21. The second-order valence-electron chi connectivity index (χ2n) is 12.8. The standard InChI is InChI=1S/C28H42N7O17P3S/c1-28(2,23(39)26(40)31-8-7-19(37)30-9-10-56-12-16-5-3-4-6-17(16)36)13-49-55(46,47)52-54(44,45)48-11-18-22(51-53(41,42)43)21(38)27(50-18)35-15-34-20-24(29)32-14-33-25(20)35/h3-6,14-15,18,21-23,27,36,38-39H,7-13H2,1-2H3,(H,30,37)(H,31,40)(H,44,45)(H,46,47)(H2,29,32,33)(H2,41,42,43)/t18-,21-,22-,23+,27-/m1/s1. The lowest BCUT2D eigenvalue weighted by atomic mass is 9.87. The Hall–Kier alpha value is -3.09. The molecule has 3 aromatic rings. The quantitative estimate of drug-likeness (QED) is 0.0499. The van der Waals surface area contributed by atoms with E-state index in [-0.39, 0.29) is 41.6 Å². The highest BCUT2D eigenvalue weighted by Gasteiger charge is 2.50. The number of carbonyl (C=O) groups excluding carboxylic acids is 2. The lowest BCUT2D eigenvalue weighted by Gasteiger charge is -2.30. The summed E-state index contributed by atoms with van der Waals surface area (Å²) in [6.07, 6.45) is -6.85. The lowest BCUT2D eigenvalue weighted by molar-refractivity contribution is -0.137. The molecule has 0 spiro atoms. The molecule has 1 fully saturated rings. The van der Waals surface area contributed by atoms with E-state index in [4.69, 9.17) is 19.5 Å². The maximum absolute atomic E-state index is 12.7. The number of thioether (sulfide) groups is 1. The lowest BCUT2D eigenvalue weighted by Crippen LogP contribution is -2.46. The average molecular weight is 874 g/mol. The molecule has 56 heavy (non-hydrogen) atoms. The fourth-order valence-corrected chi connectivity index (χ4v) is 8.70. The Morgan fingerprint density at radius 2 is 1.75 bits per heavy atom. The molecule has 312 valence electrons. The van der Waals surface area contributed by atoms with Crippen LogP contribution in [-0.4, -0.2) is 123 Å². The molecule has 0 aliphatic carbocycles. The summed E-state index contributed by atoms with van der Waals surface area (Å²) in [6, 6.07) is 6.88. The number of phenols is 1. The largest absolute Gasteiger partial charge is 0.508 e. The number of aromatic hydroxyl groups is 1. The number of nitrogens with zero attached hydrogens (tertiary/aromatic N) is 4. The number of imidazole rings is 1. The molecule has 4 rings (SSSR count). The number of aliphatic hydroxyl groups excluding tert-OH is 2. The Bertz CT molecular complexity index is 1990. The van der Waals surface area contributed by atoms with Gasteiger partial charge in [0.05, 0.1) is 19.5 Å². The molecule has 2 amide bonds. The number of nitrogen functional groups attached to an aromatic ring is 1. The first-order chi connectivity index (χ1) is 26.1. The molecule has 0 radical (unpaired) electrons. The number of hydrogen-bond acceptors (Lipinski definition) is 18. The van der Waals surface area contributed by atoms with Crippen molar-refractivity contribution < 1.29 is 80.8 Å². The van der Waals surface area contributed by atoms with E-state index in [0.29, 0.717) is 18.1 Å². The predicted octanol–water partition coefficient (Wildman–Crippen LogP) is 0.0439. The van der Waals surface area contributed by atoms with Crippen LogP contribution in [0.15, 0.2) is 36.9 Å². The number of benzene rings is 1. The van der Waals surface area contributed by atoms with Gasteiger partial charge in [-0.1, -0.05) is 32.0 Å². The molecular formula is C28H42N7O17P3S. The predicted molar refractivity (Wildman–Crippen MR) is 194 cm³/mol. The van der Waals surface area contributed by atoms with Gasteiger partial charge in [0.2, 0.25) is 11.8 Å². The van der Waals surface area contributed by atoms with Crippen molar-refractivity contribution in [3.63, 3.8) is 0 Å². The van der Waals surface area contributed by atoms with Gasteiger partial charge in [0.15, 0.2) is 17.7 Å². The normalized spacial score (nSPS) is 21.6. The molecule has 28 heteroatoms. The fraction of sp³-hybridized carbons (Fsp3) is 0.536. The van der Waals surface area contributed by atoms with Crippen LogP contribution in [0.1, 0.15) is 32.1 Å². The number of aliphatic hydroxyl groups is 2. The summed E-state index contributed by atoms with van der Waals surface area (Å²) in [6.45, 7) is 0.676. The number of amides is 2. The van der Waals surface area contributed by atoms with Crippen molar-refractivity contribution in [3.05, 3.63) is 42.5 Å². The van der Waals surface area contributed by atoms with Crippen LogP contribution < -0.4 is 16.4 Å². The Kier molecular flexibility index (Phi) is 15.6. The number of ether oxygens (including phenoxy) is 1. The Labute approximate surface area is 322 Å². The minimum absolute atomic E-state index is 0.0326. The van der Waals surface area contributed by atoms with Gasteiger partial charge in [-0.2, -0.15) is 16.1 Å². The summed E-state index contributed by atoms with van der Waals surface area (Å²) in [5.74, 6) is -0.0992. The number of carbonyl (C=O) groups is 2. The first kappa shape index (κ1) is 45.6. The summed E-state index contributed by atoms with van der Waals surface area (Å²) >= 11 is 1.49. The number of fused-ring (bicyclic) bond motifs is 1. The molecule has 2 unspecified atom stereocenters. The highest BCUT2D eigenvalue weighted by Crippen LogP contribution is 2.61. The zero-order valence-corrected chi connectivity index (χ0v) is 33.1. The van der Waals surface area contributed by atoms with E-state index in [0.717, 1.165) is 22.8 Å². The van der Waals surface area contributed by atoms with Crippen molar-refractivity contribution >= 4 is 64.0 Å². The minimum Gasteiger partial charge on any atom is -0.508 e. The van der Waals surface area contributed by atoms with Crippen molar-refractivity contribution in [2.24, 2.45) is 5.41 Å². The van der Waals surface area contributed by atoms with Crippen LogP contribution >= 0.6 is 35.2 Å². The molecule has 0 saturated carbocycles. The highest BCUT2D eigenvalue weighted by atomic mass is 32.2. The molecule has 1 aromatic carbocycles. The summed E-state index contributed by atoms with van der Waals surface area (Å²) in [5, 5.41) is 36.3. The van der Waals surface area contributed by atoms with Gasteiger partial charge < -0.3 is 56.0 Å². The Balaban J connectivity index is 1.23. The number of para-hydroxylation sites is 1. The number of phosphoric ester groups is 3. The Morgan fingerprint density at radius 1 is 1.05 bits per heavy atom. The second kappa shape index (κ2) is 19.1. The first-order valence-corrected chi connectivity index (χ1v) is 22.0. The van der Waals surface area contributed by atoms with Crippen LogP contribution in [0.3, 0.4) is 0 Å². The number of aromatic nitrogens is 4. The molecule has 2 aromatic heterocycles. The summed E-state index contributed by atoms with van der Waals surface area (Å²) in [7, 11) is -16.4. The number of nitrogens with two attached hydrogens (primary N) is 1. The number of nitrogens with one attached hydrogen (secondary N) is 2. The van der Waals surface area contributed by atoms with Gasteiger partial charge >= 0.3 is 23.5 Å². The summed E-state index contributed by atoms with van der Waals surface area (Å²) in [5.41, 5.74) is 5.04. The van der Waals surface area contributed by atoms with Gasteiger partial charge in [-0.25, -0.2) is 28.6 Å². The van der Waals surface area contributed by atoms with E-state index < -0.39 is 78.6 Å². The summed E-state index contributed by atoms with van der Waals surface area (Å²) in [4.78, 5) is 75.7. The second-order valence-corrected chi connectivity index (χ2v) is 18.1. The minimum atomic E-state index is -5.56. The van der Waals surface area contributed by atoms with Crippen molar-refractivity contribution in [1.82, 2.24) is 30.2 Å². The van der Waals surface area contributed by atoms with Gasteiger partial charge in [0, 0.05) is 42.0 Å². The first-order valence-electron chi connectivity index (χ1n) is 16.3. The molecular weight excluding hydrogens is 831 g/mol. The van der Waals surface area contributed by atoms with Gasteiger partial charge in [-0.15, -0.1) is 0 Å². The average Bonchev–Trinajstić information content (AvgIpc) is 3.66. The number of anilines is 1. The van der Waals surface area contributed by atoms with Crippen molar-refractivity contribution in [2.75, 3.05) is 37.8 Å². The Morgan fingerprint density at radius 3 is 2.45 bits per heavy atom. The molecule has 11 N–H and O–H groups in total. The van der Waals surface area contributed by atoms with Gasteiger partial charge in [-0.3, -0.25) is 27.7 Å². The van der Waals surface area contributed by atoms with Crippen molar-refractivity contribution in [3.8, 4) is 5.75 Å². The van der Waals surface area contributed by atoms with Crippen molar-refractivity contribution in [2.45, 2.75) is 56.7 Å². The SMILES string of the molecule is CC(C)(COP(=O)(O)OP(=O)(O)OC[C@H]1O[C@@H](n2cnc3c(N)ncnc32)[C@H](O)[C@@H]1OP(=O)(O)O)[C@@H](O)C(=O)NCCC(=O)NCCSCc1ccccc1O. The fourth-order valence-electron chi connectivity index (χ4n) is 5.02. The van der Waals surface area contributed by atoms with Crippen LogP contribution in [0.5, 0.6) is 5.75 Å². The number of hydrogen-bond donors (Lipinski definition) is 10. The number of phosphoric acid groups is 3. The van der Waals surface area contributed by atoms with E-state index in [1.54, 1.807) is 24.3 Å². The smallest absolute Gasteiger partial charge is 0.481 e. The monoisotopic (exact) mass is 873 g/mol. The van der Waals surface area contributed by atoms with Crippen LogP contribution in [0.4, 0.5) is 5.82 Å². The van der Waals surface area contributed by atoms with E-state index >= 15 is 0 Å². The maximum Gasteiger partial charge on any atom is 0.481 e. The topological polar surface area (TPSA) is 367 Å². The molecule has 7 atom stereocenters. The molecule has 1 aliphatic heterocycles. The van der Waals surface area contributed by atoms with Gasteiger partial charge in [0.1, 0.15) is 42.0 Å². The zero-order chi connectivity index (χ0) is 41.5. The molecule has 24 nitrogen and oxygen atoms in total. The van der Waals surface area contributed by atoms with Crippen molar-refractivity contribution in [1.29, 1.82) is 0 Å². The third kappa shape index (κ3) is 13.0. The van der Waals surface area contributed by atoms with Crippen LogP contribution in [0.25, 0.3) is 11.2 Å². The van der Waals surface area contributed by atoms with E-state index in [2.05, 4.69) is 34.4 Å². The van der Waals surface area contributed by atoms with Crippen LogP contribution in [-0.2, 0) is 51.7 Å². The maximum atomic E-state index is 12.7. The van der Waals surface area contributed by atoms with Crippen LogP contribution in [0.2, 0.25) is 0 Å². The summed E-state index contributed by atoms with van der Waals surface area (Å²) < 4.78 is 62.1. The molecule has 0 bridgehead atoms. The third-order valence-electron chi connectivity index (χ3n) is 7.90. The van der Waals surface area contributed by atoms with E-state index in [1.807, 2.05) is 0 Å². The van der Waals surface area contributed by atoms with Gasteiger partial charge in [-0.05, 0) is 6.07 Å². The van der Waals surface area contributed by atoms with Gasteiger partial charge in [0.25, 0.3) is 0 Å². The number of phenolic OH excluding ortho intramolecular Hbond substituents is 1. The molecule has 1 aliphatic rings. The molecule has 3 heterocycles. The third-order valence-corrected chi connectivity index (χ3v) is 12.0. The van der Waals surface area contributed by atoms with E-state index in [1.165, 1.54) is 25.6 Å². The highest BCUT2D eigenvalue weighted by molar-refractivity contribution is 7.98. The van der Waals surface area contributed by atoms with E-state index in [9.17, 15) is 58.2 Å². The molecule has 1 saturated heterocycles. The zero-order valence-electron chi connectivity index (χ0n) is 29.6. The van der Waals surface area contributed by atoms with Crippen LogP contribution in [0, 0.1) is 5.41 Å².